The second kappa shape index (κ2) is 6.06. The minimum Gasteiger partial charge on any atom is -0.444 e. The second-order valence-electron chi connectivity index (χ2n) is 7.09. The first-order valence-electron chi connectivity index (χ1n) is 7.62. The number of carbonyl (C=O) groups excluding carboxylic acids is 1. The third-order valence-electron chi connectivity index (χ3n) is 3.93. The lowest BCUT2D eigenvalue weighted by Gasteiger charge is -2.24. The van der Waals surface area contributed by atoms with Crippen molar-refractivity contribution in [3.8, 4) is 0 Å². The van der Waals surface area contributed by atoms with E-state index in [1.165, 1.54) is 12.1 Å². The molecule has 1 aliphatic heterocycles. The largest absolute Gasteiger partial charge is 0.444 e. The fraction of sp³-hybridized carbons (Fsp3) is 0.588. The van der Waals surface area contributed by atoms with Crippen molar-refractivity contribution in [2.75, 3.05) is 13.1 Å². The van der Waals surface area contributed by atoms with Gasteiger partial charge in [0.25, 0.3) is 0 Å². The van der Waals surface area contributed by atoms with Gasteiger partial charge < -0.3 is 9.64 Å². The molecule has 1 aliphatic rings. The number of halogens is 3. The molecule has 0 aromatic heterocycles. The van der Waals surface area contributed by atoms with Gasteiger partial charge in [-0.2, -0.15) is 13.2 Å². The first-order chi connectivity index (χ1) is 10.5. The minimum atomic E-state index is -4.33. The highest BCUT2D eigenvalue weighted by atomic mass is 19.4. The van der Waals surface area contributed by atoms with Gasteiger partial charge in [0.1, 0.15) is 5.60 Å². The van der Waals surface area contributed by atoms with E-state index in [0.29, 0.717) is 13.1 Å². The van der Waals surface area contributed by atoms with Crippen molar-refractivity contribution in [3.63, 3.8) is 0 Å². The number of rotatable bonds is 1. The van der Waals surface area contributed by atoms with Crippen LogP contribution in [0.15, 0.2) is 24.3 Å². The Hall–Kier alpha value is -1.72. The molecule has 2 atom stereocenters. The predicted molar refractivity (Wildman–Crippen MR) is 81.2 cm³/mol. The summed E-state index contributed by atoms with van der Waals surface area (Å²) in [6.45, 7) is 8.40. The molecule has 0 spiro atoms. The van der Waals surface area contributed by atoms with Gasteiger partial charge in [-0.15, -0.1) is 0 Å². The Bertz CT molecular complexity index is 561. The number of alkyl halides is 3. The van der Waals surface area contributed by atoms with Gasteiger partial charge in [-0.3, -0.25) is 0 Å². The third-order valence-corrected chi connectivity index (χ3v) is 3.93. The number of amides is 1. The molecule has 2 rings (SSSR count). The van der Waals surface area contributed by atoms with E-state index in [-0.39, 0.29) is 17.9 Å². The molecule has 23 heavy (non-hydrogen) atoms. The van der Waals surface area contributed by atoms with Crippen molar-refractivity contribution < 1.29 is 22.7 Å². The van der Waals surface area contributed by atoms with Crippen LogP contribution in [0.3, 0.4) is 0 Å². The zero-order valence-corrected chi connectivity index (χ0v) is 13.8. The van der Waals surface area contributed by atoms with E-state index < -0.39 is 17.3 Å². The highest BCUT2D eigenvalue weighted by molar-refractivity contribution is 5.68. The normalized spacial score (nSPS) is 22.3. The summed E-state index contributed by atoms with van der Waals surface area (Å²) in [5.74, 6) is 0.184. The number of hydrogen-bond acceptors (Lipinski definition) is 2. The van der Waals surface area contributed by atoms with Crippen LogP contribution in [0.4, 0.5) is 18.0 Å². The zero-order chi connectivity index (χ0) is 17.4. The van der Waals surface area contributed by atoms with Gasteiger partial charge in [0.05, 0.1) is 5.56 Å². The van der Waals surface area contributed by atoms with Crippen molar-refractivity contribution in [1.29, 1.82) is 0 Å². The maximum atomic E-state index is 12.6. The minimum absolute atomic E-state index is 0.0183. The van der Waals surface area contributed by atoms with Crippen molar-refractivity contribution in [1.82, 2.24) is 4.90 Å². The van der Waals surface area contributed by atoms with Crippen LogP contribution in [0.1, 0.15) is 44.7 Å². The van der Waals surface area contributed by atoms with Crippen LogP contribution in [0, 0.1) is 5.92 Å². The van der Waals surface area contributed by atoms with Gasteiger partial charge in [0.15, 0.2) is 0 Å². The Morgan fingerprint density at radius 3 is 2.17 bits per heavy atom. The van der Waals surface area contributed by atoms with Gasteiger partial charge in [0.2, 0.25) is 0 Å². The number of nitrogens with zero attached hydrogens (tertiary/aromatic N) is 1. The maximum absolute atomic E-state index is 12.6. The summed E-state index contributed by atoms with van der Waals surface area (Å²) in [6.07, 6.45) is -4.71. The zero-order valence-electron chi connectivity index (χ0n) is 13.8. The molecule has 1 aromatic carbocycles. The molecule has 0 bridgehead atoms. The first kappa shape index (κ1) is 17.6. The van der Waals surface area contributed by atoms with Crippen molar-refractivity contribution >= 4 is 6.09 Å². The first-order valence-corrected chi connectivity index (χ1v) is 7.62. The highest BCUT2D eigenvalue weighted by Crippen LogP contribution is 2.35. The molecule has 0 aliphatic carbocycles. The molecule has 0 saturated carbocycles. The summed E-state index contributed by atoms with van der Waals surface area (Å²) < 4.78 is 43.2. The van der Waals surface area contributed by atoms with E-state index in [1.54, 1.807) is 25.7 Å². The molecule has 1 amide bonds. The van der Waals surface area contributed by atoms with Gasteiger partial charge in [-0.25, -0.2) is 4.79 Å². The topological polar surface area (TPSA) is 29.5 Å². The Morgan fingerprint density at radius 1 is 1.13 bits per heavy atom. The molecular formula is C17H22F3NO2. The van der Waals surface area contributed by atoms with E-state index >= 15 is 0 Å². The summed E-state index contributed by atoms with van der Waals surface area (Å²) >= 11 is 0. The lowest BCUT2D eigenvalue weighted by molar-refractivity contribution is -0.137. The highest BCUT2D eigenvalue weighted by Gasteiger charge is 2.36. The number of likely N-dealkylation sites (tertiary alicyclic amines) is 1. The summed E-state index contributed by atoms with van der Waals surface area (Å²) in [4.78, 5) is 13.7. The van der Waals surface area contributed by atoms with Gasteiger partial charge >= 0.3 is 12.3 Å². The fourth-order valence-corrected chi connectivity index (χ4v) is 2.80. The Kier molecular flexibility index (Phi) is 4.64. The van der Waals surface area contributed by atoms with E-state index in [9.17, 15) is 18.0 Å². The van der Waals surface area contributed by atoms with Gasteiger partial charge in [-0.1, -0.05) is 19.1 Å². The van der Waals surface area contributed by atoms with Crippen molar-refractivity contribution in [2.45, 2.75) is 45.4 Å². The van der Waals surface area contributed by atoms with Crippen LogP contribution in [-0.4, -0.2) is 29.7 Å². The quantitative estimate of drug-likeness (QED) is 0.749. The van der Waals surface area contributed by atoms with Crippen LogP contribution in [-0.2, 0) is 10.9 Å². The lowest BCUT2D eigenvalue weighted by atomic mass is 9.90. The SMILES string of the molecule is CC1CN(C(=O)OC(C)(C)C)CC1c1ccc(C(F)(F)F)cc1. The Labute approximate surface area is 134 Å². The summed E-state index contributed by atoms with van der Waals surface area (Å²) in [7, 11) is 0. The summed E-state index contributed by atoms with van der Waals surface area (Å²) in [6, 6.07) is 5.20. The standard InChI is InChI=1S/C17H22F3NO2/c1-11-9-21(15(22)23-16(2,3)4)10-14(11)12-5-7-13(8-6-12)17(18,19)20/h5-8,11,14H,9-10H2,1-4H3. The van der Waals surface area contributed by atoms with Crippen LogP contribution in [0.2, 0.25) is 0 Å². The number of hydrogen-bond donors (Lipinski definition) is 0. The maximum Gasteiger partial charge on any atom is 0.416 e. The molecule has 3 nitrogen and oxygen atoms in total. The molecule has 1 fully saturated rings. The fourth-order valence-electron chi connectivity index (χ4n) is 2.80. The molecule has 0 radical (unpaired) electrons. The molecular weight excluding hydrogens is 307 g/mol. The van der Waals surface area contributed by atoms with Crippen LogP contribution in [0.25, 0.3) is 0 Å². The molecule has 1 heterocycles. The van der Waals surface area contributed by atoms with E-state index in [1.807, 2.05) is 6.92 Å². The monoisotopic (exact) mass is 329 g/mol. The molecule has 128 valence electrons. The number of carbonyl (C=O) groups is 1. The summed E-state index contributed by atoms with van der Waals surface area (Å²) in [5, 5.41) is 0. The third kappa shape index (κ3) is 4.39. The van der Waals surface area contributed by atoms with E-state index in [2.05, 4.69) is 0 Å². The molecule has 1 saturated heterocycles. The Morgan fingerprint density at radius 2 is 1.70 bits per heavy atom. The number of ether oxygens (including phenoxy) is 1. The van der Waals surface area contributed by atoms with Gasteiger partial charge in [-0.05, 0) is 44.4 Å². The Balaban J connectivity index is 2.08. The van der Waals surface area contributed by atoms with Crippen LogP contribution in [0.5, 0.6) is 0 Å². The summed E-state index contributed by atoms with van der Waals surface area (Å²) in [5.41, 5.74) is -0.403. The molecule has 1 aromatic rings. The van der Waals surface area contributed by atoms with Crippen LogP contribution >= 0.6 is 0 Å². The smallest absolute Gasteiger partial charge is 0.416 e. The van der Waals surface area contributed by atoms with Crippen molar-refractivity contribution in [2.24, 2.45) is 5.92 Å². The lowest BCUT2D eigenvalue weighted by Crippen LogP contribution is -2.35. The average molecular weight is 329 g/mol. The van der Waals surface area contributed by atoms with E-state index in [0.717, 1.165) is 17.7 Å². The average Bonchev–Trinajstić information content (AvgIpc) is 2.78. The molecule has 2 unspecified atom stereocenters. The second-order valence-corrected chi connectivity index (χ2v) is 7.09. The molecule has 0 N–H and O–H groups in total. The van der Waals surface area contributed by atoms with Crippen LogP contribution < -0.4 is 0 Å². The number of benzene rings is 1. The van der Waals surface area contributed by atoms with E-state index in [4.69, 9.17) is 4.74 Å². The predicted octanol–water partition coefficient (Wildman–Crippen LogP) is 4.68. The van der Waals surface area contributed by atoms with Crippen molar-refractivity contribution in [3.05, 3.63) is 35.4 Å². The molecule has 6 heteroatoms. The van der Waals surface area contributed by atoms with Gasteiger partial charge in [0, 0.05) is 19.0 Å².